The van der Waals surface area contributed by atoms with Crippen LogP contribution in [0, 0.1) is 5.92 Å². The van der Waals surface area contributed by atoms with Crippen LogP contribution in [0.15, 0.2) is 24.3 Å². The molecule has 0 saturated heterocycles. The molecular formula is C19H28N2O. The van der Waals surface area contributed by atoms with Gasteiger partial charge in [-0.2, -0.15) is 0 Å². The van der Waals surface area contributed by atoms with E-state index in [4.69, 9.17) is 0 Å². The summed E-state index contributed by atoms with van der Waals surface area (Å²) in [4.78, 5) is 14.6. The van der Waals surface area contributed by atoms with E-state index in [-0.39, 0.29) is 12.1 Å². The molecule has 3 atom stereocenters. The Hall–Kier alpha value is -1.51. The summed E-state index contributed by atoms with van der Waals surface area (Å²) in [5.74, 6) is 0.740. The molecular weight excluding hydrogens is 272 g/mol. The average Bonchev–Trinajstić information content (AvgIpc) is 2.54. The molecule has 1 aromatic carbocycles. The van der Waals surface area contributed by atoms with Crippen LogP contribution in [-0.4, -0.2) is 24.0 Å². The number of rotatable bonds is 2. The van der Waals surface area contributed by atoms with Gasteiger partial charge in [0, 0.05) is 13.1 Å². The molecule has 0 spiro atoms. The molecule has 0 aromatic heterocycles. The predicted octanol–water partition coefficient (Wildman–Crippen LogP) is 4.28. The smallest absolute Gasteiger partial charge is 0.317 e. The molecule has 0 radical (unpaired) electrons. The molecule has 2 aliphatic rings. The number of fused-ring (bicyclic) bond motifs is 1. The Balaban J connectivity index is 1.64. The minimum atomic E-state index is 0.0980. The van der Waals surface area contributed by atoms with Gasteiger partial charge in [0.25, 0.3) is 0 Å². The van der Waals surface area contributed by atoms with Crippen molar-refractivity contribution in [1.82, 2.24) is 10.2 Å². The van der Waals surface area contributed by atoms with E-state index in [0.29, 0.717) is 6.04 Å². The molecule has 120 valence electrons. The molecule has 1 aromatic rings. The summed E-state index contributed by atoms with van der Waals surface area (Å²) < 4.78 is 0. The fourth-order valence-corrected chi connectivity index (χ4v) is 4.07. The van der Waals surface area contributed by atoms with Crippen LogP contribution in [0.4, 0.5) is 4.79 Å². The first-order valence-electron chi connectivity index (χ1n) is 8.76. The maximum atomic E-state index is 12.6. The molecule has 22 heavy (non-hydrogen) atoms. The van der Waals surface area contributed by atoms with E-state index < -0.39 is 0 Å². The lowest BCUT2D eigenvalue weighted by Crippen LogP contribution is -2.46. The molecule has 3 heteroatoms. The average molecular weight is 300 g/mol. The number of carbonyl (C=O) groups is 1. The second-order valence-electron chi connectivity index (χ2n) is 7.13. The van der Waals surface area contributed by atoms with Crippen LogP contribution in [-0.2, 0) is 6.42 Å². The van der Waals surface area contributed by atoms with Gasteiger partial charge in [0.1, 0.15) is 0 Å². The molecule has 1 saturated carbocycles. The molecule has 0 aliphatic heterocycles. The summed E-state index contributed by atoms with van der Waals surface area (Å²) in [6, 6.07) is 9.22. The number of nitrogens with one attached hydrogen (secondary N) is 1. The van der Waals surface area contributed by atoms with Crippen LogP contribution in [0.2, 0.25) is 0 Å². The summed E-state index contributed by atoms with van der Waals surface area (Å²) >= 11 is 0. The second-order valence-corrected chi connectivity index (χ2v) is 7.13. The largest absolute Gasteiger partial charge is 0.331 e. The summed E-state index contributed by atoms with van der Waals surface area (Å²) in [6.45, 7) is 2.30. The highest BCUT2D eigenvalue weighted by Crippen LogP contribution is 2.30. The van der Waals surface area contributed by atoms with E-state index in [1.165, 1.54) is 24.0 Å². The fraction of sp³-hybridized carbons (Fsp3) is 0.632. The van der Waals surface area contributed by atoms with E-state index in [1.54, 1.807) is 0 Å². The van der Waals surface area contributed by atoms with Crippen molar-refractivity contribution < 1.29 is 4.79 Å². The molecule has 2 amide bonds. The fourth-order valence-electron chi connectivity index (χ4n) is 4.07. The summed E-state index contributed by atoms with van der Waals surface area (Å²) in [6.07, 6.45) is 8.20. The first-order valence-corrected chi connectivity index (χ1v) is 8.76. The SMILES string of the molecule is CC1CCCC(N(C)C(=O)NC2CCCc3ccccc32)C1. The van der Waals surface area contributed by atoms with Crippen LogP contribution >= 0.6 is 0 Å². The molecule has 0 bridgehead atoms. The third-order valence-electron chi connectivity index (χ3n) is 5.44. The molecule has 0 heterocycles. The normalized spacial score (nSPS) is 27.8. The van der Waals surface area contributed by atoms with Crippen LogP contribution in [0.1, 0.15) is 62.6 Å². The van der Waals surface area contributed by atoms with Crippen LogP contribution in [0.25, 0.3) is 0 Å². The Kier molecular flexibility index (Phi) is 4.70. The van der Waals surface area contributed by atoms with Gasteiger partial charge in [0.05, 0.1) is 6.04 Å². The van der Waals surface area contributed by atoms with Gasteiger partial charge < -0.3 is 10.2 Å². The van der Waals surface area contributed by atoms with Crippen molar-refractivity contribution in [2.75, 3.05) is 7.05 Å². The first kappa shape index (κ1) is 15.4. The van der Waals surface area contributed by atoms with Gasteiger partial charge in [-0.05, 0) is 49.1 Å². The van der Waals surface area contributed by atoms with Gasteiger partial charge in [-0.25, -0.2) is 4.79 Å². The highest BCUT2D eigenvalue weighted by molar-refractivity contribution is 5.75. The Morgan fingerprint density at radius 2 is 2.00 bits per heavy atom. The van der Waals surface area contributed by atoms with E-state index in [9.17, 15) is 4.79 Å². The molecule has 3 nitrogen and oxygen atoms in total. The van der Waals surface area contributed by atoms with Crippen molar-refractivity contribution in [3.8, 4) is 0 Å². The monoisotopic (exact) mass is 300 g/mol. The van der Waals surface area contributed by atoms with Gasteiger partial charge in [-0.3, -0.25) is 0 Å². The lowest BCUT2D eigenvalue weighted by Gasteiger charge is -2.36. The number of carbonyl (C=O) groups excluding carboxylic acids is 1. The van der Waals surface area contributed by atoms with Crippen molar-refractivity contribution in [1.29, 1.82) is 0 Å². The molecule has 3 unspecified atom stereocenters. The molecule has 1 fully saturated rings. The summed E-state index contributed by atoms with van der Waals surface area (Å²) in [5, 5.41) is 3.27. The summed E-state index contributed by atoms with van der Waals surface area (Å²) in [7, 11) is 1.97. The third-order valence-corrected chi connectivity index (χ3v) is 5.44. The number of hydrogen-bond acceptors (Lipinski definition) is 1. The van der Waals surface area contributed by atoms with Crippen LogP contribution in [0.3, 0.4) is 0 Å². The number of benzene rings is 1. The molecule has 2 aliphatic carbocycles. The van der Waals surface area contributed by atoms with Gasteiger partial charge in [0.15, 0.2) is 0 Å². The van der Waals surface area contributed by atoms with Crippen molar-refractivity contribution in [3.05, 3.63) is 35.4 Å². The Bertz CT molecular complexity index is 528. The highest BCUT2D eigenvalue weighted by atomic mass is 16.2. The number of amides is 2. The maximum Gasteiger partial charge on any atom is 0.317 e. The highest BCUT2D eigenvalue weighted by Gasteiger charge is 2.28. The molecule has 1 N–H and O–H groups in total. The Morgan fingerprint density at radius 3 is 2.82 bits per heavy atom. The number of aryl methyl sites for hydroxylation is 1. The lowest BCUT2D eigenvalue weighted by molar-refractivity contribution is 0.156. The van der Waals surface area contributed by atoms with E-state index in [2.05, 4.69) is 36.5 Å². The van der Waals surface area contributed by atoms with Gasteiger partial charge in [0.2, 0.25) is 0 Å². The summed E-state index contributed by atoms with van der Waals surface area (Å²) in [5.41, 5.74) is 2.71. The zero-order valence-electron chi connectivity index (χ0n) is 13.8. The minimum Gasteiger partial charge on any atom is -0.331 e. The lowest BCUT2D eigenvalue weighted by atomic mass is 9.86. The first-order chi connectivity index (χ1) is 10.6. The number of hydrogen-bond donors (Lipinski definition) is 1. The van der Waals surface area contributed by atoms with Crippen LogP contribution in [0.5, 0.6) is 0 Å². The van der Waals surface area contributed by atoms with E-state index in [0.717, 1.165) is 38.0 Å². The van der Waals surface area contributed by atoms with E-state index in [1.807, 2.05) is 11.9 Å². The zero-order chi connectivity index (χ0) is 15.5. The topological polar surface area (TPSA) is 32.3 Å². The number of urea groups is 1. The van der Waals surface area contributed by atoms with Gasteiger partial charge >= 0.3 is 6.03 Å². The molecule has 3 rings (SSSR count). The van der Waals surface area contributed by atoms with Crippen molar-refractivity contribution in [2.45, 2.75) is 64.0 Å². The second kappa shape index (κ2) is 6.72. The Labute approximate surface area is 134 Å². The quantitative estimate of drug-likeness (QED) is 0.868. The third kappa shape index (κ3) is 3.29. The van der Waals surface area contributed by atoms with Gasteiger partial charge in [-0.15, -0.1) is 0 Å². The predicted molar refractivity (Wildman–Crippen MR) is 89.8 cm³/mol. The van der Waals surface area contributed by atoms with Crippen LogP contribution < -0.4 is 5.32 Å². The van der Waals surface area contributed by atoms with Gasteiger partial charge in [-0.1, -0.05) is 44.0 Å². The standard InChI is InChI=1S/C19H28N2O/c1-14-7-5-10-16(13-14)21(2)19(22)20-18-12-6-9-15-8-3-4-11-17(15)18/h3-4,8,11,14,16,18H,5-7,9-10,12-13H2,1-2H3,(H,20,22). The minimum absolute atomic E-state index is 0.0980. The zero-order valence-corrected chi connectivity index (χ0v) is 13.8. The van der Waals surface area contributed by atoms with Crippen molar-refractivity contribution in [2.24, 2.45) is 5.92 Å². The van der Waals surface area contributed by atoms with Crippen molar-refractivity contribution in [3.63, 3.8) is 0 Å². The maximum absolute atomic E-state index is 12.6. The number of nitrogens with zero attached hydrogens (tertiary/aromatic N) is 1. The van der Waals surface area contributed by atoms with Crippen molar-refractivity contribution >= 4 is 6.03 Å². The Morgan fingerprint density at radius 1 is 1.18 bits per heavy atom. The van der Waals surface area contributed by atoms with E-state index >= 15 is 0 Å².